The number of nitrogens with zero attached hydrogens (tertiary/aromatic N) is 3. The normalized spacial score (nSPS) is 11.1. The van der Waals surface area contributed by atoms with Crippen LogP contribution in [0, 0.1) is 6.92 Å². The van der Waals surface area contributed by atoms with Gasteiger partial charge in [0.1, 0.15) is 23.7 Å². The topological polar surface area (TPSA) is 57.0 Å². The second-order valence-electron chi connectivity index (χ2n) is 6.88. The number of ether oxygens (including phenoxy) is 1. The van der Waals surface area contributed by atoms with Crippen molar-refractivity contribution < 1.29 is 9.53 Å². The fraction of sp³-hybridized carbons (Fsp3) is 0.286. The third kappa shape index (κ3) is 4.05. The van der Waals surface area contributed by atoms with Gasteiger partial charge in [0.2, 0.25) is 0 Å². The van der Waals surface area contributed by atoms with Crippen LogP contribution < -0.4 is 4.74 Å². The van der Waals surface area contributed by atoms with Crippen LogP contribution >= 0.6 is 23.2 Å². The maximum absolute atomic E-state index is 11.6. The standard InChI is InChI=1S/C21H21Cl2N3O2/c1-12(2)20-18(11-28-19-9-8-15(14(4)27)10-13(19)3)26(25-24-20)21-16(22)6-5-7-17(21)23/h5-10,12H,11H2,1-4H3. The van der Waals surface area contributed by atoms with Crippen LogP contribution in [0.2, 0.25) is 10.0 Å². The van der Waals surface area contributed by atoms with Crippen molar-refractivity contribution in [3.63, 3.8) is 0 Å². The summed E-state index contributed by atoms with van der Waals surface area (Å²) in [7, 11) is 0. The van der Waals surface area contributed by atoms with Crippen LogP contribution in [0.25, 0.3) is 5.69 Å². The highest BCUT2D eigenvalue weighted by atomic mass is 35.5. The van der Waals surface area contributed by atoms with Gasteiger partial charge in [-0.15, -0.1) is 5.10 Å². The first-order chi connectivity index (χ1) is 13.3. The molecule has 28 heavy (non-hydrogen) atoms. The van der Waals surface area contributed by atoms with Crippen LogP contribution in [0.3, 0.4) is 0 Å². The fourth-order valence-corrected chi connectivity index (χ4v) is 3.50. The third-order valence-corrected chi connectivity index (χ3v) is 5.05. The second kappa shape index (κ2) is 8.33. The smallest absolute Gasteiger partial charge is 0.159 e. The van der Waals surface area contributed by atoms with E-state index in [1.807, 2.05) is 26.8 Å². The molecule has 3 rings (SSSR count). The molecule has 7 heteroatoms. The lowest BCUT2D eigenvalue weighted by Crippen LogP contribution is -2.10. The van der Waals surface area contributed by atoms with E-state index in [0.29, 0.717) is 27.0 Å². The summed E-state index contributed by atoms with van der Waals surface area (Å²) in [6, 6.07) is 10.7. The zero-order valence-electron chi connectivity index (χ0n) is 16.2. The molecule has 0 radical (unpaired) electrons. The van der Waals surface area contributed by atoms with Crippen LogP contribution in [-0.2, 0) is 6.61 Å². The molecule has 0 bridgehead atoms. The third-order valence-electron chi connectivity index (χ3n) is 4.44. The van der Waals surface area contributed by atoms with Crippen molar-refractivity contribution in [1.29, 1.82) is 0 Å². The van der Waals surface area contributed by atoms with Crippen molar-refractivity contribution >= 4 is 29.0 Å². The molecule has 1 aromatic heterocycles. The fourth-order valence-electron chi connectivity index (χ4n) is 2.94. The molecule has 0 aliphatic carbocycles. The first kappa shape index (κ1) is 20.4. The quantitative estimate of drug-likeness (QED) is 0.476. The van der Waals surface area contributed by atoms with Crippen LogP contribution in [0.5, 0.6) is 5.75 Å². The van der Waals surface area contributed by atoms with Gasteiger partial charge in [0, 0.05) is 5.56 Å². The highest BCUT2D eigenvalue weighted by Crippen LogP contribution is 2.31. The number of hydrogen-bond donors (Lipinski definition) is 0. The molecule has 0 amide bonds. The minimum absolute atomic E-state index is 0.0207. The van der Waals surface area contributed by atoms with Crippen LogP contribution in [0.4, 0.5) is 0 Å². The minimum atomic E-state index is 0.0207. The van der Waals surface area contributed by atoms with E-state index in [-0.39, 0.29) is 18.3 Å². The first-order valence-electron chi connectivity index (χ1n) is 8.92. The van der Waals surface area contributed by atoms with Gasteiger partial charge in [-0.05, 0) is 55.7 Å². The highest BCUT2D eigenvalue weighted by molar-refractivity contribution is 6.37. The van der Waals surface area contributed by atoms with Gasteiger partial charge in [-0.2, -0.15) is 0 Å². The molecule has 0 atom stereocenters. The Morgan fingerprint density at radius 2 is 1.86 bits per heavy atom. The summed E-state index contributed by atoms with van der Waals surface area (Å²) in [4.78, 5) is 11.6. The summed E-state index contributed by atoms with van der Waals surface area (Å²) < 4.78 is 7.69. The van der Waals surface area contributed by atoms with Crippen LogP contribution in [-0.4, -0.2) is 20.8 Å². The van der Waals surface area contributed by atoms with Gasteiger partial charge >= 0.3 is 0 Å². The number of halogens is 2. The summed E-state index contributed by atoms with van der Waals surface area (Å²) in [5, 5.41) is 9.56. The molecule has 0 fully saturated rings. The van der Waals surface area contributed by atoms with Crippen molar-refractivity contribution in [3.05, 3.63) is 69.0 Å². The van der Waals surface area contributed by atoms with Crippen molar-refractivity contribution in [3.8, 4) is 11.4 Å². The Morgan fingerprint density at radius 3 is 2.43 bits per heavy atom. The molecule has 3 aromatic rings. The number of carbonyl (C=O) groups excluding carboxylic acids is 1. The maximum atomic E-state index is 11.6. The first-order valence-corrected chi connectivity index (χ1v) is 9.68. The average Bonchev–Trinajstić information content (AvgIpc) is 3.04. The molecule has 146 valence electrons. The van der Waals surface area contributed by atoms with E-state index in [9.17, 15) is 4.79 Å². The zero-order valence-corrected chi connectivity index (χ0v) is 17.7. The largest absolute Gasteiger partial charge is 0.487 e. The number of carbonyl (C=O) groups is 1. The number of Topliss-reactive ketones (excluding diaryl/α,β-unsaturated/α-hetero) is 1. The van der Waals surface area contributed by atoms with Gasteiger partial charge < -0.3 is 4.74 Å². The van der Waals surface area contributed by atoms with Crippen LogP contribution in [0.1, 0.15) is 54.0 Å². The molecule has 0 spiro atoms. The predicted molar refractivity (Wildman–Crippen MR) is 111 cm³/mol. The number of benzene rings is 2. The van der Waals surface area contributed by atoms with Crippen molar-refractivity contribution in [2.45, 2.75) is 40.2 Å². The summed E-state index contributed by atoms with van der Waals surface area (Å²) in [5.74, 6) is 0.861. The van der Waals surface area contributed by atoms with Gasteiger partial charge in [-0.25, -0.2) is 4.68 Å². The molecule has 0 aliphatic rings. The molecular formula is C21H21Cl2N3O2. The molecule has 0 aliphatic heterocycles. The molecule has 1 heterocycles. The number of hydrogen-bond acceptors (Lipinski definition) is 4. The molecule has 0 unspecified atom stereocenters. The molecular weight excluding hydrogens is 397 g/mol. The van der Waals surface area contributed by atoms with E-state index in [0.717, 1.165) is 17.0 Å². The lowest BCUT2D eigenvalue weighted by Gasteiger charge is -2.14. The molecule has 5 nitrogen and oxygen atoms in total. The number of para-hydroxylation sites is 1. The monoisotopic (exact) mass is 417 g/mol. The Bertz CT molecular complexity index is 1010. The second-order valence-corrected chi connectivity index (χ2v) is 7.70. The summed E-state index contributed by atoms with van der Waals surface area (Å²) in [5.41, 5.74) is 3.71. The average molecular weight is 418 g/mol. The molecule has 0 saturated carbocycles. The highest BCUT2D eigenvalue weighted by Gasteiger charge is 2.21. The van der Waals surface area contributed by atoms with E-state index in [4.69, 9.17) is 27.9 Å². The van der Waals surface area contributed by atoms with E-state index < -0.39 is 0 Å². The van der Waals surface area contributed by atoms with E-state index >= 15 is 0 Å². The Kier molecular flexibility index (Phi) is 6.06. The number of aromatic nitrogens is 3. The van der Waals surface area contributed by atoms with Crippen molar-refractivity contribution in [1.82, 2.24) is 15.0 Å². The minimum Gasteiger partial charge on any atom is -0.487 e. The lowest BCUT2D eigenvalue weighted by atomic mass is 10.1. The van der Waals surface area contributed by atoms with Crippen molar-refractivity contribution in [2.75, 3.05) is 0 Å². The van der Waals surface area contributed by atoms with E-state index in [1.54, 1.807) is 41.9 Å². The zero-order chi connectivity index (χ0) is 20.4. The van der Waals surface area contributed by atoms with Gasteiger partial charge in [0.05, 0.1) is 15.7 Å². The predicted octanol–water partition coefficient (Wildman–Crippen LogP) is 5.79. The number of aryl methyl sites for hydroxylation is 1. The van der Waals surface area contributed by atoms with Crippen LogP contribution in [0.15, 0.2) is 36.4 Å². The van der Waals surface area contributed by atoms with Gasteiger partial charge in [-0.1, -0.05) is 48.3 Å². The van der Waals surface area contributed by atoms with Gasteiger partial charge in [-0.3, -0.25) is 4.79 Å². The van der Waals surface area contributed by atoms with Gasteiger partial charge in [0.15, 0.2) is 5.78 Å². The maximum Gasteiger partial charge on any atom is 0.159 e. The van der Waals surface area contributed by atoms with E-state index in [1.165, 1.54) is 0 Å². The molecule has 0 N–H and O–H groups in total. The summed E-state index contributed by atoms with van der Waals surface area (Å²) in [6.07, 6.45) is 0. The summed E-state index contributed by atoms with van der Waals surface area (Å²) in [6.45, 7) is 7.77. The Labute approximate surface area is 174 Å². The Hall–Kier alpha value is -2.37. The number of ketones is 1. The molecule has 0 saturated heterocycles. The van der Waals surface area contributed by atoms with Gasteiger partial charge in [0.25, 0.3) is 0 Å². The van der Waals surface area contributed by atoms with Crippen molar-refractivity contribution in [2.24, 2.45) is 0 Å². The summed E-state index contributed by atoms with van der Waals surface area (Å²) >= 11 is 12.7. The molecule has 2 aromatic carbocycles. The SMILES string of the molecule is CC(=O)c1ccc(OCc2c(C(C)C)nnn2-c2c(Cl)cccc2Cl)c(C)c1. The number of rotatable bonds is 6. The van der Waals surface area contributed by atoms with E-state index in [2.05, 4.69) is 10.3 Å². The Balaban J connectivity index is 1.98. The Morgan fingerprint density at radius 1 is 1.18 bits per heavy atom. The lowest BCUT2D eigenvalue weighted by molar-refractivity contribution is 0.101.